The fraction of sp³-hybridized carbons (Fsp3) is 0.462. The van der Waals surface area contributed by atoms with Gasteiger partial charge in [-0.05, 0) is 6.42 Å². The van der Waals surface area contributed by atoms with E-state index < -0.39 is 0 Å². The zero-order chi connectivity index (χ0) is 15.9. The first-order chi connectivity index (χ1) is 10.6. The van der Waals surface area contributed by atoms with Crippen LogP contribution in [0.25, 0.3) is 11.0 Å². The van der Waals surface area contributed by atoms with Crippen molar-refractivity contribution in [1.82, 2.24) is 14.5 Å². The minimum Gasteiger partial charge on any atom is -0.394 e. The summed E-state index contributed by atoms with van der Waals surface area (Å²) in [7, 11) is 0. The van der Waals surface area contributed by atoms with Gasteiger partial charge < -0.3 is 20.1 Å². The maximum atomic E-state index is 9.28. The Balaban J connectivity index is 2.17. The average Bonchev–Trinajstić information content (AvgIpc) is 3.07. The highest BCUT2D eigenvalue weighted by atomic mass is 16.5. The van der Waals surface area contributed by atoms with Gasteiger partial charge in [0.05, 0.1) is 18.1 Å². The van der Waals surface area contributed by atoms with Crippen LogP contribution < -0.4 is 11.2 Å². The molecule has 9 nitrogen and oxygen atoms in total. The van der Waals surface area contributed by atoms with Gasteiger partial charge in [0.25, 0.3) is 0 Å². The SMILES string of the molecule is C[C@H]1C[C@@H](CO)O[C@H]1n1cc(C(=N)N)c2c(NO)ncnc21. The van der Waals surface area contributed by atoms with Gasteiger partial charge in [-0.2, -0.15) is 0 Å². The summed E-state index contributed by atoms with van der Waals surface area (Å²) in [6.07, 6.45) is 3.16. The Hall–Kier alpha value is -2.23. The number of fused-ring (bicyclic) bond motifs is 1. The van der Waals surface area contributed by atoms with E-state index in [4.69, 9.17) is 15.9 Å². The number of rotatable bonds is 4. The lowest BCUT2D eigenvalue weighted by atomic mass is 10.1. The van der Waals surface area contributed by atoms with Crippen molar-refractivity contribution >= 4 is 22.7 Å². The third-order valence-electron chi connectivity index (χ3n) is 3.94. The zero-order valence-corrected chi connectivity index (χ0v) is 12.0. The van der Waals surface area contributed by atoms with Crippen molar-refractivity contribution in [2.75, 3.05) is 12.1 Å². The molecule has 3 atom stereocenters. The van der Waals surface area contributed by atoms with E-state index in [1.165, 1.54) is 6.33 Å². The second kappa shape index (κ2) is 5.52. The number of nitrogens with zero attached hydrogens (tertiary/aromatic N) is 3. The molecule has 0 radical (unpaired) electrons. The van der Waals surface area contributed by atoms with E-state index >= 15 is 0 Å². The van der Waals surface area contributed by atoms with Crippen molar-refractivity contribution in [1.29, 1.82) is 5.41 Å². The number of ether oxygens (including phenoxy) is 1. The number of nitrogens with one attached hydrogen (secondary N) is 2. The van der Waals surface area contributed by atoms with Crippen LogP contribution >= 0.6 is 0 Å². The Kier molecular flexibility index (Phi) is 3.69. The first-order valence-corrected chi connectivity index (χ1v) is 6.93. The number of hydrogen-bond donors (Lipinski definition) is 5. The lowest BCUT2D eigenvalue weighted by molar-refractivity contribution is -0.0291. The van der Waals surface area contributed by atoms with Crippen molar-refractivity contribution in [3.05, 3.63) is 18.1 Å². The predicted molar refractivity (Wildman–Crippen MR) is 78.7 cm³/mol. The molecule has 1 aliphatic rings. The summed E-state index contributed by atoms with van der Waals surface area (Å²) in [5.41, 5.74) is 8.55. The van der Waals surface area contributed by atoms with E-state index in [2.05, 4.69) is 9.97 Å². The highest BCUT2D eigenvalue weighted by Crippen LogP contribution is 2.37. The summed E-state index contributed by atoms with van der Waals surface area (Å²) in [6, 6.07) is 0. The van der Waals surface area contributed by atoms with Gasteiger partial charge in [-0.1, -0.05) is 6.92 Å². The molecule has 0 spiro atoms. The molecule has 0 bridgehead atoms. The maximum Gasteiger partial charge on any atom is 0.163 e. The van der Waals surface area contributed by atoms with Crippen LogP contribution in [-0.4, -0.2) is 43.4 Å². The van der Waals surface area contributed by atoms with Crippen molar-refractivity contribution in [3.63, 3.8) is 0 Å². The molecule has 3 heterocycles. The topological polar surface area (TPSA) is 142 Å². The highest BCUT2D eigenvalue weighted by molar-refractivity contribution is 6.10. The Morgan fingerprint density at radius 3 is 2.95 bits per heavy atom. The minimum absolute atomic E-state index is 0.0436. The zero-order valence-electron chi connectivity index (χ0n) is 12.0. The number of amidine groups is 1. The molecule has 118 valence electrons. The molecule has 2 aromatic heterocycles. The molecule has 6 N–H and O–H groups in total. The summed E-state index contributed by atoms with van der Waals surface area (Å²) in [6.45, 7) is 1.98. The first kappa shape index (κ1) is 14.7. The third-order valence-corrected chi connectivity index (χ3v) is 3.94. The largest absolute Gasteiger partial charge is 0.394 e. The van der Waals surface area contributed by atoms with Crippen molar-refractivity contribution < 1.29 is 15.1 Å². The summed E-state index contributed by atoms with van der Waals surface area (Å²) in [5.74, 6) is 0.186. The lowest BCUT2D eigenvalue weighted by Crippen LogP contribution is -2.16. The van der Waals surface area contributed by atoms with Gasteiger partial charge in [0.15, 0.2) is 5.82 Å². The van der Waals surface area contributed by atoms with E-state index in [0.29, 0.717) is 16.6 Å². The molecule has 2 aromatic rings. The molecule has 1 fully saturated rings. The number of hydrogen-bond acceptors (Lipinski definition) is 7. The maximum absolute atomic E-state index is 9.28. The second-order valence-electron chi connectivity index (χ2n) is 5.44. The molecular formula is C13H18N6O3. The molecule has 0 aliphatic carbocycles. The van der Waals surface area contributed by atoms with E-state index in [0.717, 1.165) is 6.42 Å². The van der Waals surface area contributed by atoms with Crippen LogP contribution in [0.5, 0.6) is 0 Å². The molecule has 0 amide bonds. The fourth-order valence-electron chi connectivity index (χ4n) is 2.94. The molecule has 1 saturated heterocycles. The Morgan fingerprint density at radius 1 is 1.59 bits per heavy atom. The summed E-state index contributed by atoms with van der Waals surface area (Å²) >= 11 is 0. The van der Waals surface area contributed by atoms with Gasteiger partial charge in [0, 0.05) is 17.7 Å². The van der Waals surface area contributed by atoms with Gasteiger partial charge in [0.2, 0.25) is 0 Å². The molecule has 9 heteroatoms. The summed E-state index contributed by atoms with van der Waals surface area (Å²) < 4.78 is 7.61. The van der Waals surface area contributed by atoms with Gasteiger partial charge in [0.1, 0.15) is 24.0 Å². The monoisotopic (exact) mass is 306 g/mol. The lowest BCUT2D eigenvalue weighted by Gasteiger charge is -2.18. The number of aromatic nitrogens is 3. The van der Waals surface area contributed by atoms with Crippen LogP contribution in [0.4, 0.5) is 5.82 Å². The average molecular weight is 306 g/mol. The second-order valence-corrected chi connectivity index (χ2v) is 5.44. The van der Waals surface area contributed by atoms with Gasteiger partial charge in [-0.25, -0.2) is 9.97 Å². The van der Waals surface area contributed by atoms with Gasteiger partial charge in [-0.3, -0.25) is 16.1 Å². The van der Waals surface area contributed by atoms with Gasteiger partial charge in [-0.15, -0.1) is 0 Å². The molecule has 1 aliphatic heterocycles. The number of nitrogens with two attached hydrogens (primary N) is 1. The van der Waals surface area contributed by atoms with E-state index in [1.54, 1.807) is 10.8 Å². The Morgan fingerprint density at radius 2 is 2.36 bits per heavy atom. The molecule has 0 aromatic carbocycles. The number of aliphatic hydroxyl groups excluding tert-OH is 1. The predicted octanol–water partition coefficient (Wildman–Crippen LogP) is 0.432. The van der Waals surface area contributed by atoms with Crippen molar-refractivity contribution in [2.45, 2.75) is 25.7 Å². The van der Waals surface area contributed by atoms with E-state index in [-0.39, 0.29) is 36.5 Å². The van der Waals surface area contributed by atoms with Crippen LogP contribution in [0.3, 0.4) is 0 Å². The quantitative estimate of drug-likeness (QED) is 0.313. The van der Waals surface area contributed by atoms with Gasteiger partial charge >= 0.3 is 0 Å². The number of anilines is 1. The smallest absolute Gasteiger partial charge is 0.163 e. The molecule has 0 saturated carbocycles. The van der Waals surface area contributed by atoms with Crippen LogP contribution in [0.1, 0.15) is 25.1 Å². The molecule has 3 rings (SSSR count). The minimum atomic E-state index is -0.325. The van der Waals surface area contributed by atoms with Crippen LogP contribution in [0.15, 0.2) is 12.5 Å². The Labute approximate surface area is 126 Å². The fourth-order valence-corrected chi connectivity index (χ4v) is 2.94. The van der Waals surface area contributed by atoms with Crippen molar-refractivity contribution in [3.8, 4) is 0 Å². The van der Waals surface area contributed by atoms with E-state index in [9.17, 15) is 10.3 Å². The molecule has 0 unspecified atom stereocenters. The standard InChI is InChI=1S/C13H18N6O3/c1-6-2-7(4-20)22-13(6)19-3-8(10(14)15)9-11(18-21)16-5-17-12(9)19/h3,5-7,13,20-21H,2,4H2,1H3,(H3,14,15)(H,16,17,18)/t6-,7-,13+/m0/s1. The molecular weight excluding hydrogens is 288 g/mol. The molecule has 22 heavy (non-hydrogen) atoms. The van der Waals surface area contributed by atoms with E-state index in [1.807, 2.05) is 12.4 Å². The van der Waals surface area contributed by atoms with Crippen molar-refractivity contribution in [2.24, 2.45) is 11.7 Å². The van der Waals surface area contributed by atoms with Crippen LogP contribution in [-0.2, 0) is 4.74 Å². The summed E-state index contributed by atoms with van der Waals surface area (Å²) in [4.78, 5) is 8.17. The summed E-state index contributed by atoms with van der Waals surface area (Å²) in [5, 5.41) is 26.7. The Bertz CT molecular complexity index is 715. The first-order valence-electron chi connectivity index (χ1n) is 6.93. The number of nitrogen functional groups attached to an aromatic ring is 1. The normalized spacial score (nSPS) is 24.8. The van der Waals surface area contributed by atoms with Crippen LogP contribution in [0, 0.1) is 11.3 Å². The number of aliphatic hydroxyl groups is 1. The third kappa shape index (κ3) is 2.19. The highest BCUT2D eigenvalue weighted by Gasteiger charge is 2.34. The van der Waals surface area contributed by atoms with Crippen LogP contribution in [0.2, 0.25) is 0 Å².